The predicted molar refractivity (Wildman–Crippen MR) is 69.0 cm³/mol. The quantitative estimate of drug-likeness (QED) is 0.717. The van der Waals surface area contributed by atoms with Crippen LogP contribution < -0.4 is 4.74 Å². The highest BCUT2D eigenvalue weighted by molar-refractivity contribution is 7.92. The number of alkyl halides is 2. The first-order valence-electron chi connectivity index (χ1n) is 5.83. The summed E-state index contributed by atoms with van der Waals surface area (Å²) < 4.78 is 52.5. The van der Waals surface area contributed by atoms with Crippen LogP contribution in [0.4, 0.5) is 8.78 Å². The molecule has 0 aromatic carbocycles. The van der Waals surface area contributed by atoms with Gasteiger partial charge in [0.25, 0.3) is 5.92 Å². The van der Waals surface area contributed by atoms with E-state index in [1.807, 2.05) is 0 Å². The molecule has 0 bridgehead atoms. The molecule has 1 aromatic rings. The van der Waals surface area contributed by atoms with Crippen LogP contribution in [0.3, 0.4) is 0 Å². The van der Waals surface area contributed by atoms with E-state index in [1.54, 1.807) is 0 Å². The van der Waals surface area contributed by atoms with Crippen molar-refractivity contribution in [1.82, 2.24) is 4.98 Å². The highest BCUT2D eigenvalue weighted by Gasteiger charge is 2.22. The van der Waals surface area contributed by atoms with Gasteiger partial charge in [-0.3, -0.25) is 4.79 Å². The maximum atomic E-state index is 12.6. The Hall–Kier alpha value is -1.57. The van der Waals surface area contributed by atoms with E-state index in [9.17, 15) is 22.0 Å². The van der Waals surface area contributed by atoms with Crippen LogP contribution in [0.1, 0.15) is 24.3 Å². The molecule has 1 rings (SSSR count). The van der Waals surface area contributed by atoms with Gasteiger partial charge in [-0.05, 0) is 12.1 Å². The average Bonchev–Trinajstić information content (AvgIpc) is 2.35. The molecule has 0 spiro atoms. The lowest BCUT2D eigenvalue weighted by molar-refractivity contribution is -0.0230. The molecule has 0 N–H and O–H groups in total. The number of pyridine rings is 1. The average molecular weight is 307 g/mol. The number of carbonyl (C=O) groups is 1. The lowest BCUT2D eigenvalue weighted by atomic mass is 10.3. The fourth-order valence-electron chi connectivity index (χ4n) is 1.22. The van der Waals surface area contributed by atoms with Gasteiger partial charge in [0, 0.05) is 12.7 Å². The van der Waals surface area contributed by atoms with E-state index >= 15 is 0 Å². The second kappa shape index (κ2) is 6.25. The van der Waals surface area contributed by atoms with Crippen molar-refractivity contribution in [3.63, 3.8) is 0 Å². The van der Waals surface area contributed by atoms with E-state index in [0.29, 0.717) is 6.92 Å². The van der Waals surface area contributed by atoms with Crippen LogP contribution in [0.2, 0.25) is 0 Å². The summed E-state index contributed by atoms with van der Waals surface area (Å²) in [6, 6.07) is 2.54. The van der Waals surface area contributed by atoms with Crippen LogP contribution in [0, 0.1) is 0 Å². The van der Waals surface area contributed by atoms with Crippen molar-refractivity contribution in [1.29, 1.82) is 0 Å². The number of nitrogens with zero attached hydrogens (tertiary/aromatic N) is 1. The number of halogens is 2. The Morgan fingerprint density at radius 3 is 2.50 bits per heavy atom. The predicted octanol–water partition coefficient (Wildman–Crippen LogP) is 1.73. The second-order valence-corrected chi connectivity index (χ2v) is 6.69. The molecule has 0 fully saturated rings. The number of hydrogen-bond donors (Lipinski definition) is 0. The third-order valence-electron chi connectivity index (χ3n) is 2.31. The largest absolute Gasteiger partial charge is 0.486 e. The minimum absolute atomic E-state index is 0.0439. The van der Waals surface area contributed by atoms with Crippen molar-refractivity contribution in [2.45, 2.75) is 19.8 Å². The summed E-state index contributed by atoms with van der Waals surface area (Å²) in [7, 11) is -3.43. The second-order valence-electron chi connectivity index (χ2n) is 4.34. The molecule has 0 unspecified atom stereocenters. The van der Waals surface area contributed by atoms with Crippen molar-refractivity contribution in [3.05, 3.63) is 24.0 Å². The number of sulfone groups is 1. The Labute approximate surface area is 115 Å². The third-order valence-corrected chi connectivity index (χ3v) is 3.89. The van der Waals surface area contributed by atoms with Crippen LogP contribution in [-0.4, -0.2) is 43.2 Å². The molecule has 8 heteroatoms. The monoisotopic (exact) mass is 307 g/mol. The molecule has 0 radical (unpaired) electrons. The molecule has 1 heterocycles. The first-order valence-corrected chi connectivity index (χ1v) is 7.65. The highest BCUT2D eigenvalue weighted by Crippen LogP contribution is 2.16. The number of ketones is 1. The Morgan fingerprint density at radius 2 is 2.05 bits per heavy atom. The number of rotatable bonds is 7. The molecule has 1 aromatic heterocycles. The van der Waals surface area contributed by atoms with Gasteiger partial charge >= 0.3 is 0 Å². The number of hydrogen-bond acceptors (Lipinski definition) is 5. The molecule has 0 amide bonds. The first-order chi connectivity index (χ1) is 9.13. The van der Waals surface area contributed by atoms with Gasteiger partial charge < -0.3 is 4.74 Å². The van der Waals surface area contributed by atoms with E-state index < -0.39 is 33.9 Å². The molecule has 20 heavy (non-hydrogen) atoms. The molecular weight excluding hydrogens is 292 g/mol. The summed E-state index contributed by atoms with van der Waals surface area (Å²) >= 11 is 0. The smallest absolute Gasteiger partial charge is 0.278 e. The number of ether oxygens (including phenoxy) is 1. The number of Topliss-reactive ketones (excluding diaryl/α,β-unsaturated/α-hetero) is 1. The molecule has 0 saturated heterocycles. The Bertz CT molecular complexity index is 564. The fourth-order valence-corrected chi connectivity index (χ4v) is 1.97. The lowest BCUT2D eigenvalue weighted by Crippen LogP contribution is -2.21. The van der Waals surface area contributed by atoms with Gasteiger partial charge in [0.1, 0.15) is 17.2 Å². The van der Waals surface area contributed by atoms with Crippen LogP contribution in [0.5, 0.6) is 5.75 Å². The van der Waals surface area contributed by atoms with Gasteiger partial charge in [-0.1, -0.05) is 6.92 Å². The topological polar surface area (TPSA) is 73.3 Å². The molecule has 0 atom stereocenters. The van der Waals surface area contributed by atoms with Gasteiger partial charge in [-0.2, -0.15) is 0 Å². The van der Waals surface area contributed by atoms with Crippen molar-refractivity contribution in [3.8, 4) is 5.75 Å². The molecule has 0 aliphatic rings. The van der Waals surface area contributed by atoms with E-state index in [1.165, 1.54) is 19.1 Å². The fraction of sp³-hybridized carbons (Fsp3) is 0.500. The van der Waals surface area contributed by atoms with Gasteiger partial charge in [0.2, 0.25) is 0 Å². The SMILES string of the molecule is CCS(=O)(=O)CC(=O)c1ccc(OCC(C)(F)F)cn1. The molecule has 0 aliphatic carbocycles. The summed E-state index contributed by atoms with van der Waals surface area (Å²) in [4.78, 5) is 15.4. The van der Waals surface area contributed by atoms with E-state index in [0.717, 1.165) is 6.20 Å². The molecule has 5 nitrogen and oxygen atoms in total. The van der Waals surface area contributed by atoms with Crippen LogP contribution in [0.25, 0.3) is 0 Å². The Morgan fingerprint density at radius 1 is 1.40 bits per heavy atom. The zero-order valence-electron chi connectivity index (χ0n) is 11.1. The third kappa shape index (κ3) is 5.60. The summed E-state index contributed by atoms with van der Waals surface area (Å²) in [5, 5.41) is 0. The zero-order chi connectivity index (χ0) is 15.4. The summed E-state index contributed by atoms with van der Waals surface area (Å²) in [5.41, 5.74) is -0.0439. The normalized spacial score (nSPS) is 12.2. The Balaban J connectivity index is 2.69. The molecule has 0 aliphatic heterocycles. The molecular formula is C12H15F2NO4S. The van der Waals surface area contributed by atoms with Gasteiger partial charge in [0.05, 0.1) is 6.20 Å². The first kappa shape index (κ1) is 16.5. The maximum Gasteiger partial charge on any atom is 0.278 e. The van der Waals surface area contributed by atoms with Gasteiger partial charge in [-0.25, -0.2) is 22.2 Å². The van der Waals surface area contributed by atoms with Crippen molar-refractivity contribution < 1.29 is 26.7 Å². The summed E-state index contributed by atoms with van der Waals surface area (Å²) in [5.74, 6) is -4.28. The Kier molecular flexibility index (Phi) is 5.15. The zero-order valence-corrected chi connectivity index (χ0v) is 11.9. The minimum atomic E-state index is -3.43. The summed E-state index contributed by atoms with van der Waals surface area (Å²) in [6.45, 7) is 1.36. The summed E-state index contributed by atoms with van der Waals surface area (Å²) in [6.07, 6.45) is 1.11. The number of aromatic nitrogens is 1. The highest BCUT2D eigenvalue weighted by atomic mass is 32.2. The van der Waals surface area contributed by atoms with Crippen molar-refractivity contribution in [2.24, 2.45) is 0 Å². The standard InChI is InChI=1S/C12H15F2NO4S/c1-3-20(17,18)7-11(16)10-5-4-9(6-15-10)19-8-12(2,13)14/h4-6H,3,7-8H2,1-2H3. The molecule has 0 saturated carbocycles. The minimum Gasteiger partial charge on any atom is -0.486 e. The van der Waals surface area contributed by atoms with Crippen LogP contribution in [0.15, 0.2) is 18.3 Å². The van der Waals surface area contributed by atoms with Crippen LogP contribution in [-0.2, 0) is 9.84 Å². The van der Waals surface area contributed by atoms with E-state index in [2.05, 4.69) is 4.98 Å². The van der Waals surface area contributed by atoms with Gasteiger partial charge in [-0.15, -0.1) is 0 Å². The van der Waals surface area contributed by atoms with Crippen molar-refractivity contribution >= 4 is 15.6 Å². The van der Waals surface area contributed by atoms with E-state index in [4.69, 9.17) is 4.74 Å². The van der Waals surface area contributed by atoms with Crippen molar-refractivity contribution in [2.75, 3.05) is 18.1 Å². The molecule has 112 valence electrons. The van der Waals surface area contributed by atoms with E-state index in [-0.39, 0.29) is 17.2 Å². The van der Waals surface area contributed by atoms with Gasteiger partial charge in [0.15, 0.2) is 22.2 Å². The maximum absolute atomic E-state index is 12.6. The number of carbonyl (C=O) groups excluding carboxylic acids is 1. The lowest BCUT2D eigenvalue weighted by Gasteiger charge is -2.11. The van der Waals surface area contributed by atoms with Crippen LogP contribution >= 0.6 is 0 Å².